The number of carboxylic acids is 1. The van der Waals surface area contributed by atoms with Gasteiger partial charge in [-0.3, -0.25) is 0 Å². The fourth-order valence-electron chi connectivity index (χ4n) is 0.718. The lowest BCUT2D eigenvalue weighted by Gasteiger charge is -2.31. The van der Waals surface area contributed by atoms with E-state index in [0.29, 0.717) is 6.42 Å². The van der Waals surface area contributed by atoms with Gasteiger partial charge in [-0.15, -0.1) is 0 Å². The molecular weight excluding hydrogens is 154 g/mol. The number of nitrogens with zero attached hydrogens (tertiary/aromatic N) is 1. The van der Waals surface area contributed by atoms with Crippen molar-refractivity contribution in [1.82, 2.24) is 0 Å². The van der Waals surface area contributed by atoms with Crippen LogP contribution >= 0.6 is 0 Å². The Bertz CT molecular complexity index is 191. The van der Waals surface area contributed by atoms with E-state index in [0.717, 1.165) is 4.48 Å². The van der Waals surface area contributed by atoms with Crippen molar-refractivity contribution >= 4 is 5.97 Å². The molecule has 3 heteroatoms. The molecule has 0 amide bonds. The van der Waals surface area contributed by atoms with Gasteiger partial charge in [-0.05, 0) is 6.92 Å². The molecule has 0 fully saturated rings. The minimum atomic E-state index is -0.893. The van der Waals surface area contributed by atoms with E-state index in [4.69, 9.17) is 5.11 Å². The van der Waals surface area contributed by atoms with Crippen LogP contribution in [0.15, 0.2) is 12.2 Å². The summed E-state index contributed by atoms with van der Waals surface area (Å²) in [5, 5.41) is 8.59. The minimum absolute atomic E-state index is 0.286. The van der Waals surface area contributed by atoms with Crippen molar-refractivity contribution in [2.24, 2.45) is 0 Å². The molecule has 0 saturated heterocycles. The van der Waals surface area contributed by atoms with Gasteiger partial charge in [-0.25, -0.2) is 4.79 Å². The molecule has 0 radical (unpaired) electrons. The van der Waals surface area contributed by atoms with Crippen molar-refractivity contribution in [2.75, 3.05) is 21.1 Å². The molecule has 0 aromatic rings. The standard InChI is InChI=1S/C9H17NO2/c1-7(9(11)12)6-8(2)10(3,4)5/h8H,1,6H2,2-5H3/p+1. The number of rotatable bonds is 4. The lowest BCUT2D eigenvalue weighted by Crippen LogP contribution is -2.43. The largest absolute Gasteiger partial charge is 0.478 e. The zero-order valence-corrected chi connectivity index (χ0v) is 8.29. The van der Waals surface area contributed by atoms with Gasteiger partial charge in [0.15, 0.2) is 0 Å². The van der Waals surface area contributed by atoms with E-state index in [1.54, 1.807) is 0 Å². The van der Waals surface area contributed by atoms with Crippen LogP contribution in [0.5, 0.6) is 0 Å². The summed E-state index contributed by atoms with van der Waals surface area (Å²) in [5.41, 5.74) is 0.288. The van der Waals surface area contributed by atoms with E-state index >= 15 is 0 Å². The van der Waals surface area contributed by atoms with Gasteiger partial charge in [0.25, 0.3) is 0 Å². The molecule has 12 heavy (non-hydrogen) atoms. The average Bonchev–Trinajstić information content (AvgIpc) is 1.85. The molecule has 0 aliphatic heterocycles. The first-order valence-corrected chi connectivity index (χ1v) is 3.97. The molecule has 0 rings (SSSR count). The predicted octanol–water partition coefficient (Wildman–Crippen LogP) is 1.11. The summed E-state index contributed by atoms with van der Waals surface area (Å²) in [7, 11) is 6.12. The van der Waals surface area contributed by atoms with Crippen molar-refractivity contribution < 1.29 is 14.4 Å². The summed E-state index contributed by atoms with van der Waals surface area (Å²) in [6.07, 6.45) is 0.541. The number of hydrogen-bond acceptors (Lipinski definition) is 1. The van der Waals surface area contributed by atoms with Gasteiger partial charge in [0.2, 0.25) is 0 Å². The summed E-state index contributed by atoms with van der Waals surface area (Å²) < 4.78 is 0.756. The second-order valence-corrected chi connectivity index (χ2v) is 4.08. The summed E-state index contributed by atoms with van der Waals surface area (Å²) in [6.45, 7) is 5.52. The zero-order valence-electron chi connectivity index (χ0n) is 8.29. The Morgan fingerprint density at radius 2 is 1.92 bits per heavy atom. The van der Waals surface area contributed by atoms with Crippen LogP contribution in [0.2, 0.25) is 0 Å². The van der Waals surface area contributed by atoms with Crippen LogP contribution in [0, 0.1) is 0 Å². The van der Waals surface area contributed by atoms with E-state index in [9.17, 15) is 4.79 Å². The van der Waals surface area contributed by atoms with Crippen molar-refractivity contribution in [3.8, 4) is 0 Å². The fraction of sp³-hybridized carbons (Fsp3) is 0.667. The first-order chi connectivity index (χ1) is 5.25. The van der Waals surface area contributed by atoms with Gasteiger partial charge in [0, 0.05) is 12.0 Å². The smallest absolute Gasteiger partial charge is 0.331 e. The highest BCUT2D eigenvalue weighted by Gasteiger charge is 2.20. The van der Waals surface area contributed by atoms with Crippen LogP contribution in [0.1, 0.15) is 13.3 Å². The topological polar surface area (TPSA) is 37.3 Å². The molecule has 0 aliphatic carbocycles. The Balaban J connectivity index is 4.11. The molecule has 0 bridgehead atoms. The molecule has 0 aliphatic rings. The van der Waals surface area contributed by atoms with E-state index in [1.165, 1.54) is 0 Å². The molecule has 0 heterocycles. The van der Waals surface area contributed by atoms with Crippen molar-refractivity contribution in [3.05, 3.63) is 12.2 Å². The van der Waals surface area contributed by atoms with Crippen LogP contribution in [0.25, 0.3) is 0 Å². The number of hydrogen-bond donors (Lipinski definition) is 1. The summed E-state index contributed by atoms with van der Waals surface area (Å²) in [6, 6.07) is 0.286. The van der Waals surface area contributed by atoms with E-state index < -0.39 is 5.97 Å². The Morgan fingerprint density at radius 1 is 1.50 bits per heavy atom. The first kappa shape index (κ1) is 11.2. The van der Waals surface area contributed by atoms with E-state index in [1.807, 2.05) is 28.1 Å². The van der Waals surface area contributed by atoms with Gasteiger partial charge in [-0.1, -0.05) is 6.58 Å². The van der Waals surface area contributed by atoms with Gasteiger partial charge >= 0.3 is 5.97 Å². The Morgan fingerprint density at radius 3 is 2.17 bits per heavy atom. The summed E-state index contributed by atoms with van der Waals surface area (Å²) in [4.78, 5) is 10.5. The second kappa shape index (κ2) is 3.72. The number of carbonyl (C=O) groups is 1. The van der Waals surface area contributed by atoms with Gasteiger partial charge in [-0.2, -0.15) is 0 Å². The van der Waals surface area contributed by atoms with Crippen molar-refractivity contribution in [3.63, 3.8) is 0 Å². The molecule has 1 atom stereocenters. The molecule has 0 saturated carbocycles. The highest BCUT2D eigenvalue weighted by atomic mass is 16.4. The lowest BCUT2D eigenvalue weighted by atomic mass is 10.1. The van der Waals surface area contributed by atoms with E-state index in [-0.39, 0.29) is 11.6 Å². The molecule has 3 nitrogen and oxygen atoms in total. The van der Waals surface area contributed by atoms with E-state index in [2.05, 4.69) is 6.58 Å². The van der Waals surface area contributed by atoms with Crippen LogP contribution in [0.4, 0.5) is 0 Å². The van der Waals surface area contributed by atoms with Crippen molar-refractivity contribution in [2.45, 2.75) is 19.4 Å². The zero-order chi connectivity index (χ0) is 9.94. The quantitative estimate of drug-likeness (QED) is 0.509. The minimum Gasteiger partial charge on any atom is -0.478 e. The maximum Gasteiger partial charge on any atom is 0.331 e. The molecule has 1 N–H and O–H groups in total. The lowest BCUT2D eigenvalue weighted by molar-refractivity contribution is -0.893. The average molecular weight is 172 g/mol. The molecule has 0 aromatic heterocycles. The number of quaternary nitrogens is 1. The Kier molecular flexibility index (Phi) is 3.46. The third-order valence-corrected chi connectivity index (χ3v) is 2.17. The maximum absolute atomic E-state index is 10.5. The number of aliphatic carboxylic acids is 1. The molecule has 0 aromatic carbocycles. The van der Waals surface area contributed by atoms with Gasteiger partial charge < -0.3 is 9.59 Å². The monoisotopic (exact) mass is 172 g/mol. The summed E-state index contributed by atoms with van der Waals surface area (Å²) >= 11 is 0. The highest BCUT2D eigenvalue weighted by molar-refractivity contribution is 5.85. The van der Waals surface area contributed by atoms with Crippen LogP contribution in [-0.4, -0.2) is 42.7 Å². The normalized spacial score (nSPS) is 14.0. The highest BCUT2D eigenvalue weighted by Crippen LogP contribution is 2.11. The predicted molar refractivity (Wildman–Crippen MR) is 48.9 cm³/mol. The third-order valence-electron chi connectivity index (χ3n) is 2.17. The molecular formula is C9H18NO2+. The first-order valence-electron chi connectivity index (χ1n) is 3.97. The number of carboxylic acid groups (broad SMARTS) is 1. The van der Waals surface area contributed by atoms with Crippen molar-refractivity contribution in [1.29, 1.82) is 0 Å². The Hall–Kier alpha value is -0.830. The van der Waals surface area contributed by atoms with Crippen LogP contribution in [0.3, 0.4) is 0 Å². The SMILES string of the molecule is C=C(CC(C)[N+](C)(C)C)C(=O)O. The summed E-state index contributed by atoms with van der Waals surface area (Å²) in [5.74, 6) is -0.893. The molecule has 1 unspecified atom stereocenters. The van der Waals surface area contributed by atoms with Crippen LogP contribution in [-0.2, 0) is 4.79 Å². The molecule has 0 spiro atoms. The fourth-order valence-corrected chi connectivity index (χ4v) is 0.718. The Labute approximate surface area is 73.9 Å². The van der Waals surface area contributed by atoms with Gasteiger partial charge in [0.1, 0.15) is 0 Å². The molecule has 70 valence electrons. The van der Waals surface area contributed by atoms with Gasteiger partial charge in [0.05, 0.1) is 27.2 Å². The second-order valence-electron chi connectivity index (χ2n) is 4.08. The maximum atomic E-state index is 10.5. The van der Waals surface area contributed by atoms with Crippen LogP contribution < -0.4 is 0 Å². The third kappa shape index (κ3) is 3.53.